The molecule has 3 heteroatoms. The Bertz CT molecular complexity index is 355. The summed E-state index contributed by atoms with van der Waals surface area (Å²) in [6, 6.07) is 4.64. The third kappa shape index (κ3) is 2.90. The average Bonchev–Trinajstić information content (AvgIpc) is 2.91. The standard InChI is InChI=1S/C15H25N3/c1-15(2,18-9-4-5-10-18)14(16-3)11-13-7-6-8-17-12-13/h6-8,12,14,16H,4-5,9-11H2,1-3H3. The Morgan fingerprint density at radius 3 is 2.67 bits per heavy atom. The highest BCUT2D eigenvalue weighted by Gasteiger charge is 2.35. The topological polar surface area (TPSA) is 28.2 Å². The monoisotopic (exact) mass is 247 g/mol. The summed E-state index contributed by atoms with van der Waals surface area (Å²) in [4.78, 5) is 6.83. The lowest BCUT2D eigenvalue weighted by Gasteiger charge is -2.42. The van der Waals surface area contributed by atoms with E-state index in [9.17, 15) is 0 Å². The third-order valence-electron chi connectivity index (χ3n) is 4.28. The Labute approximate surface area is 111 Å². The van der Waals surface area contributed by atoms with Crippen LogP contribution in [-0.4, -0.2) is 41.6 Å². The van der Waals surface area contributed by atoms with Gasteiger partial charge in [-0.05, 0) is 64.9 Å². The number of hydrogen-bond donors (Lipinski definition) is 1. The number of nitrogens with one attached hydrogen (secondary N) is 1. The summed E-state index contributed by atoms with van der Waals surface area (Å²) >= 11 is 0. The molecule has 0 amide bonds. The Hall–Kier alpha value is -0.930. The minimum atomic E-state index is 0.196. The first kappa shape index (κ1) is 13.5. The van der Waals surface area contributed by atoms with Crippen molar-refractivity contribution in [2.45, 2.75) is 44.7 Å². The van der Waals surface area contributed by atoms with Crippen LogP contribution < -0.4 is 5.32 Å². The summed E-state index contributed by atoms with van der Waals surface area (Å²) in [6.45, 7) is 7.18. The van der Waals surface area contributed by atoms with Gasteiger partial charge in [-0.15, -0.1) is 0 Å². The molecule has 1 aromatic rings. The van der Waals surface area contributed by atoms with Gasteiger partial charge in [-0.25, -0.2) is 0 Å². The van der Waals surface area contributed by atoms with Crippen molar-refractivity contribution in [3.8, 4) is 0 Å². The normalized spacial score (nSPS) is 19.1. The molecular formula is C15H25N3. The predicted molar refractivity (Wildman–Crippen MR) is 75.7 cm³/mol. The molecule has 0 bridgehead atoms. The maximum Gasteiger partial charge on any atom is 0.0309 e. The van der Waals surface area contributed by atoms with E-state index in [0.717, 1.165) is 6.42 Å². The molecule has 0 saturated carbocycles. The van der Waals surface area contributed by atoms with Crippen molar-refractivity contribution in [3.05, 3.63) is 30.1 Å². The summed E-state index contributed by atoms with van der Waals surface area (Å²) < 4.78 is 0. The molecule has 1 unspecified atom stereocenters. The van der Waals surface area contributed by atoms with Gasteiger partial charge in [0.05, 0.1) is 0 Å². The Morgan fingerprint density at radius 1 is 1.39 bits per heavy atom. The molecule has 1 N–H and O–H groups in total. The van der Waals surface area contributed by atoms with Gasteiger partial charge in [-0.2, -0.15) is 0 Å². The fourth-order valence-corrected chi connectivity index (χ4v) is 2.97. The number of hydrogen-bond acceptors (Lipinski definition) is 3. The fraction of sp³-hybridized carbons (Fsp3) is 0.667. The number of rotatable bonds is 5. The number of nitrogens with zero attached hydrogens (tertiary/aromatic N) is 2. The van der Waals surface area contributed by atoms with Crippen molar-refractivity contribution in [1.29, 1.82) is 0 Å². The van der Waals surface area contributed by atoms with E-state index in [1.807, 2.05) is 18.5 Å². The maximum atomic E-state index is 4.21. The predicted octanol–water partition coefficient (Wildman–Crippen LogP) is 2.09. The van der Waals surface area contributed by atoms with Crippen molar-refractivity contribution >= 4 is 0 Å². The lowest BCUT2D eigenvalue weighted by atomic mass is 9.88. The van der Waals surface area contributed by atoms with E-state index in [2.05, 4.69) is 42.2 Å². The van der Waals surface area contributed by atoms with Gasteiger partial charge in [0.15, 0.2) is 0 Å². The molecule has 3 nitrogen and oxygen atoms in total. The molecule has 18 heavy (non-hydrogen) atoms. The second kappa shape index (κ2) is 5.81. The maximum absolute atomic E-state index is 4.21. The number of likely N-dealkylation sites (N-methyl/N-ethyl adjacent to an activating group) is 1. The molecule has 0 aliphatic carbocycles. The van der Waals surface area contributed by atoms with Crippen molar-refractivity contribution in [2.75, 3.05) is 20.1 Å². The summed E-state index contributed by atoms with van der Waals surface area (Å²) in [5.41, 5.74) is 1.50. The molecule has 0 radical (unpaired) electrons. The number of likely N-dealkylation sites (tertiary alicyclic amines) is 1. The molecule has 2 rings (SSSR count). The molecule has 0 spiro atoms. The van der Waals surface area contributed by atoms with Crippen LogP contribution in [0.2, 0.25) is 0 Å². The van der Waals surface area contributed by atoms with Gasteiger partial charge in [0, 0.05) is 24.0 Å². The molecule has 1 aromatic heterocycles. The quantitative estimate of drug-likeness (QED) is 0.863. The van der Waals surface area contributed by atoms with E-state index in [1.165, 1.54) is 31.5 Å². The van der Waals surface area contributed by atoms with Crippen molar-refractivity contribution in [3.63, 3.8) is 0 Å². The lowest BCUT2D eigenvalue weighted by molar-refractivity contribution is 0.110. The zero-order valence-corrected chi connectivity index (χ0v) is 11.8. The van der Waals surface area contributed by atoms with E-state index in [0.29, 0.717) is 6.04 Å². The van der Waals surface area contributed by atoms with Gasteiger partial charge in [0.2, 0.25) is 0 Å². The summed E-state index contributed by atoms with van der Waals surface area (Å²) in [5, 5.41) is 3.50. The van der Waals surface area contributed by atoms with Crippen LogP contribution in [0, 0.1) is 0 Å². The first-order valence-corrected chi connectivity index (χ1v) is 6.96. The molecule has 0 aromatic carbocycles. The number of pyridine rings is 1. The third-order valence-corrected chi connectivity index (χ3v) is 4.28. The second-order valence-electron chi connectivity index (χ2n) is 5.75. The van der Waals surface area contributed by atoms with Crippen LogP contribution in [0.25, 0.3) is 0 Å². The van der Waals surface area contributed by atoms with E-state index in [-0.39, 0.29) is 5.54 Å². The summed E-state index contributed by atoms with van der Waals surface area (Å²) in [7, 11) is 2.07. The van der Waals surface area contributed by atoms with Gasteiger partial charge < -0.3 is 5.32 Å². The lowest BCUT2D eigenvalue weighted by Crippen LogP contribution is -2.57. The van der Waals surface area contributed by atoms with Gasteiger partial charge in [0.1, 0.15) is 0 Å². The molecule has 1 atom stereocenters. The van der Waals surface area contributed by atoms with Crippen LogP contribution in [0.3, 0.4) is 0 Å². The van der Waals surface area contributed by atoms with Gasteiger partial charge >= 0.3 is 0 Å². The van der Waals surface area contributed by atoms with E-state index < -0.39 is 0 Å². The highest BCUT2D eigenvalue weighted by molar-refractivity contribution is 5.12. The van der Waals surface area contributed by atoms with Crippen LogP contribution in [0.1, 0.15) is 32.3 Å². The molecule has 100 valence electrons. The molecule has 1 fully saturated rings. The molecule has 1 aliphatic rings. The van der Waals surface area contributed by atoms with Gasteiger partial charge in [0.25, 0.3) is 0 Å². The highest BCUT2D eigenvalue weighted by Crippen LogP contribution is 2.26. The van der Waals surface area contributed by atoms with E-state index in [1.54, 1.807) is 0 Å². The zero-order valence-electron chi connectivity index (χ0n) is 11.8. The van der Waals surface area contributed by atoms with Crippen molar-refractivity contribution in [1.82, 2.24) is 15.2 Å². The minimum absolute atomic E-state index is 0.196. The van der Waals surface area contributed by atoms with Gasteiger partial charge in [-0.3, -0.25) is 9.88 Å². The smallest absolute Gasteiger partial charge is 0.0309 e. The van der Waals surface area contributed by atoms with Crippen LogP contribution >= 0.6 is 0 Å². The Morgan fingerprint density at radius 2 is 2.11 bits per heavy atom. The van der Waals surface area contributed by atoms with Crippen LogP contribution in [0.15, 0.2) is 24.5 Å². The van der Waals surface area contributed by atoms with Crippen LogP contribution in [0.4, 0.5) is 0 Å². The summed E-state index contributed by atoms with van der Waals surface area (Å²) in [6.07, 6.45) is 7.53. The first-order valence-electron chi connectivity index (χ1n) is 6.96. The minimum Gasteiger partial charge on any atom is -0.315 e. The molecule has 2 heterocycles. The Balaban J connectivity index is 2.07. The second-order valence-corrected chi connectivity index (χ2v) is 5.75. The van der Waals surface area contributed by atoms with E-state index >= 15 is 0 Å². The largest absolute Gasteiger partial charge is 0.315 e. The SMILES string of the molecule is CNC(Cc1cccnc1)C(C)(C)N1CCCC1. The Kier molecular flexibility index (Phi) is 4.36. The molecule has 1 aliphatic heterocycles. The molecular weight excluding hydrogens is 222 g/mol. The van der Waals surface area contributed by atoms with Crippen molar-refractivity contribution in [2.24, 2.45) is 0 Å². The summed E-state index contributed by atoms with van der Waals surface area (Å²) in [5.74, 6) is 0. The van der Waals surface area contributed by atoms with Crippen LogP contribution in [-0.2, 0) is 6.42 Å². The first-order chi connectivity index (χ1) is 8.64. The fourth-order valence-electron chi connectivity index (χ4n) is 2.97. The zero-order chi connectivity index (χ0) is 13.0. The van der Waals surface area contributed by atoms with Gasteiger partial charge in [-0.1, -0.05) is 6.07 Å². The molecule has 1 saturated heterocycles. The van der Waals surface area contributed by atoms with Crippen molar-refractivity contribution < 1.29 is 0 Å². The highest BCUT2D eigenvalue weighted by atomic mass is 15.2. The number of aromatic nitrogens is 1. The van der Waals surface area contributed by atoms with E-state index in [4.69, 9.17) is 0 Å². The van der Waals surface area contributed by atoms with Crippen LogP contribution in [0.5, 0.6) is 0 Å². The average molecular weight is 247 g/mol.